The van der Waals surface area contributed by atoms with Crippen LogP contribution in [-0.4, -0.2) is 49.4 Å². The highest BCUT2D eigenvalue weighted by atomic mass is 35.5. The number of halogens is 2. The van der Waals surface area contributed by atoms with Crippen LogP contribution in [0.5, 0.6) is 11.5 Å². The molecule has 0 radical (unpaired) electrons. The molecule has 0 aliphatic carbocycles. The number of ether oxygens (including phenoxy) is 3. The Hall–Kier alpha value is -2.19. The van der Waals surface area contributed by atoms with Crippen LogP contribution in [0.1, 0.15) is 11.1 Å². The zero-order chi connectivity index (χ0) is 21.8. The average molecular weight is 479 g/mol. The zero-order valence-corrected chi connectivity index (χ0v) is 19.1. The molecular formula is C22H20Cl2N2O4S. The van der Waals surface area contributed by atoms with Crippen molar-refractivity contribution >= 4 is 52.1 Å². The second-order valence-electron chi connectivity index (χ2n) is 6.84. The van der Waals surface area contributed by atoms with Crippen molar-refractivity contribution in [3.05, 3.63) is 62.5 Å². The zero-order valence-electron chi connectivity index (χ0n) is 16.8. The van der Waals surface area contributed by atoms with E-state index >= 15 is 0 Å². The van der Waals surface area contributed by atoms with E-state index in [1.807, 2.05) is 30.3 Å². The largest absolute Gasteiger partial charge is 0.493 e. The number of methoxy groups -OCH3 is 1. The van der Waals surface area contributed by atoms with Crippen LogP contribution < -0.4 is 9.47 Å². The molecule has 0 spiro atoms. The van der Waals surface area contributed by atoms with E-state index in [0.717, 1.165) is 29.4 Å². The van der Waals surface area contributed by atoms with Gasteiger partial charge in [-0.3, -0.25) is 4.79 Å². The molecule has 1 saturated heterocycles. The molecule has 31 heavy (non-hydrogen) atoms. The monoisotopic (exact) mass is 478 g/mol. The number of hydrogen-bond acceptors (Lipinski definition) is 6. The molecule has 0 bridgehead atoms. The summed E-state index contributed by atoms with van der Waals surface area (Å²) in [6.07, 6.45) is 1.81. The molecule has 2 aliphatic heterocycles. The van der Waals surface area contributed by atoms with E-state index in [4.69, 9.17) is 37.4 Å². The molecule has 2 heterocycles. The van der Waals surface area contributed by atoms with Crippen LogP contribution in [0.4, 0.5) is 0 Å². The molecule has 2 aromatic carbocycles. The highest BCUT2D eigenvalue weighted by Gasteiger charge is 2.27. The maximum atomic E-state index is 12.4. The minimum absolute atomic E-state index is 0.233. The van der Waals surface area contributed by atoms with Crippen LogP contribution >= 0.6 is 35.0 Å². The predicted octanol–water partition coefficient (Wildman–Crippen LogP) is 4.88. The number of morpholine rings is 1. The quantitative estimate of drug-likeness (QED) is 0.570. The summed E-state index contributed by atoms with van der Waals surface area (Å²) in [5.41, 5.74) is 1.64. The third-order valence-electron chi connectivity index (χ3n) is 4.77. The lowest BCUT2D eigenvalue weighted by Gasteiger charge is -2.27. The minimum atomic E-state index is -0.233. The summed E-state index contributed by atoms with van der Waals surface area (Å²) in [6.45, 7) is 3.05. The Morgan fingerprint density at radius 3 is 2.71 bits per heavy atom. The number of benzene rings is 2. The number of carbonyl (C=O) groups excluding carboxylic acids is 1. The first-order chi connectivity index (χ1) is 15.0. The third-order valence-corrected chi connectivity index (χ3v) is 6.41. The molecule has 1 amide bonds. The maximum Gasteiger partial charge on any atom is 0.286 e. The van der Waals surface area contributed by atoms with Gasteiger partial charge in [-0.25, -0.2) is 0 Å². The summed E-state index contributed by atoms with van der Waals surface area (Å²) in [6, 6.07) is 10.8. The van der Waals surface area contributed by atoms with Crippen LogP contribution in [0.25, 0.3) is 6.08 Å². The lowest BCUT2D eigenvalue weighted by molar-refractivity contribution is -0.113. The van der Waals surface area contributed by atoms with Crippen LogP contribution in [0.3, 0.4) is 0 Å². The highest BCUT2D eigenvalue weighted by Crippen LogP contribution is 2.34. The fourth-order valence-electron chi connectivity index (χ4n) is 3.13. The first-order valence-electron chi connectivity index (χ1n) is 9.63. The SMILES string of the molecule is COc1cc(/C=C2\SC(N3CCOCC3)=NC2=O)ccc1OCc1ccc(Cl)cc1Cl. The van der Waals surface area contributed by atoms with Gasteiger partial charge in [0.05, 0.1) is 25.2 Å². The first-order valence-corrected chi connectivity index (χ1v) is 11.2. The number of amidine groups is 1. The average Bonchev–Trinajstić information content (AvgIpc) is 3.14. The second-order valence-corrected chi connectivity index (χ2v) is 8.70. The van der Waals surface area contributed by atoms with Gasteiger partial charge in [0.25, 0.3) is 5.91 Å². The predicted molar refractivity (Wildman–Crippen MR) is 124 cm³/mol. The van der Waals surface area contributed by atoms with Gasteiger partial charge in [-0.15, -0.1) is 0 Å². The Balaban J connectivity index is 1.46. The van der Waals surface area contributed by atoms with Gasteiger partial charge < -0.3 is 19.1 Å². The van der Waals surface area contributed by atoms with Crippen molar-refractivity contribution < 1.29 is 19.0 Å². The summed E-state index contributed by atoms with van der Waals surface area (Å²) >= 11 is 13.5. The molecule has 1 fully saturated rings. The number of nitrogens with zero attached hydrogens (tertiary/aromatic N) is 2. The molecular weight excluding hydrogens is 459 g/mol. The van der Waals surface area contributed by atoms with Crippen LogP contribution in [-0.2, 0) is 16.1 Å². The molecule has 0 unspecified atom stereocenters. The smallest absolute Gasteiger partial charge is 0.286 e. The Bertz CT molecular complexity index is 1050. The molecule has 2 aromatic rings. The van der Waals surface area contributed by atoms with Gasteiger partial charge in [-0.2, -0.15) is 4.99 Å². The van der Waals surface area contributed by atoms with Crippen LogP contribution in [0.2, 0.25) is 10.0 Å². The number of aliphatic imine (C=N–C) groups is 1. The first kappa shape index (κ1) is 22.0. The van der Waals surface area contributed by atoms with E-state index in [9.17, 15) is 4.79 Å². The second kappa shape index (κ2) is 9.96. The topological polar surface area (TPSA) is 60.4 Å². The summed E-state index contributed by atoms with van der Waals surface area (Å²) in [5.74, 6) is 0.902. The van der Waals surface area contributed by atoms with Gasteiger partial charge in [0.2, 0.25) is 0 Å². The normalized spacial score (nSPS) is 17.8. The third kappa shape index (κ3) is 5.36. The van der Waals surface area contributed by atoms with Gasteiger partial charge >= 0.3 is 0 Å². The summed E-state index contributed by atoms with van der Waals surface area (Å²) in [5, 5.41) is 1.84. The van der Waals surface area contributed by atoms with Crippen LogP contribution in [0, 0.1) is 0 Å². The Morgan fingerprint density at radius 1 is 1.16 bits per heavy atom. The van der Waals surface area contributed by atoms with Gasteiger partial charge in [-0.1, -0.05) is 35.3 Å². The summed E-state index contributed by atoms with van der Waals surface area (Å²) < 4.78 is 16.7. The standard InChI is InChI=1S/C22H20Cl2N2O4S/c1-28-19-10-14(2-5-18(19)30-13-15-3-4-16(23)12-17(15)24)11-20-21(27)25-22(31-20)26-6-8-29-9-7-26/h2-5,10-12H,6-9,13H2,1H3/b20-11-. The lowest BCUT2D eigenvalue weighted by atomic mass is 10.2. The maximum absolute atomic E-state index is 12.4. The van der Waals surface area contributed by atoms with E-state index in [0.29, 0.717) is 39.7 Å². The van der Waals surface area contributed by atoms with Crippen molar-refractivity contribution in [2.24, 2.45) is 4.99 Å². The van der Waals surface area contributed by atoms with E-state index in [-0.39, 0.29) is 12.5 Å². The Morgan fingerprint density at radius 2 is 1.97 bits per heavy atom. The number of hydrogen-bond donors (Lipinski definition) is 0. The molecule has 0 atom stereocenters. The van der Waals surface area contributed by atoms with Crippen molar-refractivity contribution in [3.8, 4) is 11.5 Å². The number of thioether (sulfide) groups is 1. The van der Waals surface area contributed by atoms with Crippen LogP contribution in [0.15, 0.2) is 46.3 Å². The fraction of sp³-hybridized carbons (Fsp3) is 0.273. The Kier molecular flexibility index (Phi) is 7.07. The van der Waals surface area contributed by atoms with Gasteiger partial charge in [0.1, 0.15) is 6.61 Å². The van der Waals surface area contributed by atoms with Gasteiger partial charge in [0, 0.05) is 28.7 Å². The van der Waals surface area contributed by atoms with Gasteiger partial charge in [0.15, 0.2) is 16.7 Å². The van der Waals surface area contributed by atoms with E-state index in [2.05, 4.69) is 9.89 Å². The molecule has 4 rings (SSSR count). The van der Waals surface area contributed by atoms with Crippen molar-refractivity contribution in [1.82, 2.24) is 4.90 Å². The molecule has 2 aliphatic rings. The summed E-state index contributed by atoms with van der Waals surface area (Å²) in [4.78, 5) is 19.2. The molecule has 162 valence electrons. The van der Waals surface area contributed by atoms with Gasteiger partial charge in [-0.05, 0) is 47.7 Å². The molecule has 9 heteroatoms. The number of amides is 1. The minimum Gasteiger partial charge on any atom is -0.493 e. The number of rotatable bonds is 5. The molecule has 0 N–H and O–H groups in total. The van der Waals surface area contributed by atoms with Crippen molar-refractivity contribution in [3.63, 3.8) is 0 Å². The summed E-state index contributed by atoms with van der Waals surface area (Å²) in [7, 11) is 1.57. The highest BCUT2D eigenvalue weighted by molar-refractivity contribution is 8.18. The number of carbonyl (C=O) groups is 1. The van der Waals surface area contributed by atoms with Crippen molar-refractivity contribution in [2.45, 2.75) is 6.61 Å². The molecule has 6 nitrogen and oxygen atoms in total. The lowest BCUT2D eigenvalue weighted by Crippen LogP contribution is -2.38. The Labute approximate surface area is 194 Å². The molecule has 0 saturated carbocycles. The fourth-order valence-corrected chi connectivity index (χ4v) is 4.55. The van der Waals surface area contributed by atoms with E-state index in [1.54, 1.807) is 19.2 Å². The van der Waals surface area contributed by atoms with E-state index < -0.39 is 0 Å². The van der Waals surface area contributed by atoms with Crippen molar-refractivity contribution in [2.75, 3.05) is 33.4 Å². The van der Waals surface area contributed by atoms with E-state index in [1.165, 1.54) is 11.8 Å². The molecule has 0 aromatic heterocycles. The van der Waals surface area contributed by atoms with Crippen molar-refractivity contribution in [1.29, 1.82) is 0 Å².